The average Bonchev–Trinajstić information content (AvgIpc) is 2.05. The summed E-state index contributed by atoms with van der Waals surface area (Å²) in [5, 5.41) is 0.545. The highest BCUT2D eigenvalue weighted by molar-refractivity contribution is 6.32. The minimum absolute atomic E-state index is 0.545. The number of halogens is 1. The zero-order valence-corrected chi connectivity index (χ0v) is 7.81. The zero-order valence-electron chi connectivity index (χ0n) is 7.06. The van der Waals surface area contributed by atoms with Gasteiger partial charge in [0, 0.05) is 6.07 Å². The molecule has 0 N–H and O–H groups in total. The van der Waals surface area contributed by atoms with Gasteiger partial charge in [-0.3, -0.25) is 0 Å². The second-order valence-corrected chi connectivity index (χ2v) is 2.71. The van der Waals surface area contributed by atoms with Crippen LogP contribution in [-0.2, 0) is 0 Å². The quantitative estimate of drug-likeness (QED) is 0.705. The van der Waals surface area contributed by atoms with Crippen LogP contribution in [0.3, 0.4) is 0 Å². The van der Waals surface area contributed by atoms with Gasteiger partial charge in [0.1, 0.15) is 11.5 Å². The molecule has 0 bridgehead atoms. The molecule has 0 heterocycles. The summed E-state index contributed by atoms with van der Waals surface area (Å²) in [6.45, 7) is 3.76. The predicted molar refractivity (Wildman–Crippen MR) is 49.0 cm³/mol. The maximum Gasteiger partial charge on any atom is 0.141 e. The third-order valence-corrected chi connectivity index (χ3v) is 1.85. The highest BCUT2D eigenvalue weighted by Gasteiger charge is 2.05. The molecule has 0 atom stereocenters. The SMILES string of the molecule is [CH2]c1cc(Cl)c(OC)cc1OC. The van der Waals surface area contributed by atoms with E-state index < -0.39 is 0 Å². The normalized spacial score (nSPS) is 9.67. The van der Waals surface area contributed by atoms with E-state index in [9.17, 15) is 0 Å². The zero-order chi connectivity index (χ0) is 9.14. The average molecular weight is 186 g/mol. The van der Waals surface area contributed by atoms with Crippen LogP contribution in [0.1, 0.15) is 5.56 Å². The summed E-state index contributed by atoms with van der Waals surface area (Å²) >= 11 is 5.84. The lowest BCUT2D eigenvalue weighted by molar-refractivity contribution is 0.393. The van der Waals surface area contributed by atoms with E-state index in [4.69, 9.17) is 21.1 Å². The molecule has 0 unspecified atom stereocenters. The number of benzene rings is 1. The van der Waals surface area contributed by atoms with Gasteiger partial charge in [-0.1, -0.05) is 11.6 Å². The molecule has 2 nitrogen and oxygen atoms in total. The molecule has 0 saturated carbocycles. The van der Waals surface area contributed by atoms with Gasteiger partial charge in [0.05, 0.1) is 19.2 Å². The molecule has 0 fully saturated rings. The van der Waals surface area contributed by atoms with Gasteiger partial charge in [-0.25, -0.2) is 0 Å². The molecule has 12 heavy (non-hydrogen) atoms. The van der Waals surface area contributed by atoms with Crippen molar-refractivity contribution in [2.45, 2.75) is 0 Å². The Morgan fingerprint density at radius 3 is 2.25 bits per heavy atom. The first-order chi connectivity index (χ1) is 5.69. The fraction of sp³-hybridized carbons (Fsp3) is 0.222. The number of rotatable bonds is 2. The molecule has 1 rings (SSSR count). The van der Waals surface area contributed by atoms with E-state index in [2.05, 4.69) is 6.92 Å². The lowest BCUT2D eigenvalue weighted by atomic mass is 10.2. The van der Waals surface area contributed by atoms with Gasteiger partial charge >= 0.3 is 0 Å². The second kappa shape index (κ2) is 3.68. The van der Waals surface area contributed by atoms with Gasteiger partial charge < -0.3 is 9.47 Å². The topological polar surface area (TPSA) is 18.5 Å². The summed E-state index contributed by atoms with van der Waals surface area (Å²) in [5.41, 5.74) is 0.753. The van der Waals surface area contributed by atoms with Crippen LogP contribution in [0, 0.1) is 6.92 Å². The number of hydrogen-bond donors (Lipinski definition) is 0. The summed E-state index contributed by atoms with van der Waals surface area (Å²) in [5.74, 6) is 1.28. The van der Waals surface area contributed by atoms with E-state index in [1.807, 2.05) is 0 Å². The molecule has 1 aromatic carbocycles. The van der Waals surface area contributed by atoms with Crippen LogP contribution >= 0.6 is 11.6 Å². The Morgan fingerprint density at radius 1 is 1.17 bits per heavy atom. The molecule has 0 aliphatic heterocycles. The van der Waals surface area contributed by atoms with Gasteiger partial charge in [-0.2, -0.15) is 0 Å². The minimum atomic E-state index is 0.545. The lowest BCUT2D eigenvalue weighted by Crippen LogP contribution is -1.90. The third-order valence-electron chi connectivity index (χ3n) is 1.55. The monoisotopic (exact) mass is 185 g/mol. The van der Waals surface area contributed by atoms with Crippen molar-refractivity contribution in [1.29, 1.82) is 0 Å². The van der Waals surface area contributed by atoms with E-state index in [1.54, 1.807) is 26.4 Å². The van der Waals surface area contributed by atoms with E-state index in [0.717, 1.165) is 5.56 Å². The largest absolute Gasteiger partial charge is 0.496 e. The molecule has 0 saturated heterocycles. The smallest absolute Gasteiger partial charge is 0.141 e. The number of methoxy groups -OCH3 is 2. The summed E-state index contributed by atoms with van der Waals surface area (Å²) < 4.78 is 10.0. The molecule has 3 heteroatoms. The maximum absolute atomic E-state index is 5.84. The summed E-state index contributed by atoms with van der Waals surface area (Å²) in [4.78, 5) is 0. The molecular weight excluding hydrogens is 176 g/mol. The molecule has 0 aliphatic carbocycles. The van der Waals surface area contributed by atoms with Crippen LogP contribution in [0.4, 0.5) is 0 Å². The first kappa shape index (κ1) is 9.20. The van der Waals surface area contributed by atoms with Gasteiger partial charge in [0.2, 0.25) is 0 Å². The van der Waals surface area contributed by atoms with Gasteiger partial charge in [0.25, 0.3) is 0 Å². The van der Waals surface area contributed by atoms with Crippen molar-refractivity contribution in [3.05, 3.63) is 29.6 Å². The molecular formula is C9H10ClO2. The first-order valence-corrected chi connectivity index (χ1v) is 3.80. The Balaban J connectivity index is 3.18. The molecule has 0 aromatic heterocycles. The van der Waals surface area contributed by atoms with Crippen molar-refractivity contribution in [1.82, 2.24) is 0 Å². The van der Waals surface area contributed by atoms with E-state index in [-0.39, 0.29) is 0 Å². The molecule has 0 amide bonds. The van der Waals surface area contributed by atoms with Crippen LogP contribution in [0.5, 0.6) is 11.5 Å². The summed E-state index contributed by atoms with van der Waals surface area (Å²) in [6.07, 6.45) is 0. The van der Waals surface area contributed by atoms with Gasteiger partial charge in [-0.15, -0.1) is 0 Å². The molecule has 65 valence electrons. The fourth-order valence-corrected chi connectivity index (χ4v) is 1.19. The van der Waals surface area contributed by atoms with Crippen molar-refractivity contribution in [3.8, 4) is 11.5 Å². The van der Waals surface area contributed by atoms with Crippen LogP contribution in [-0.4, -0.2) is 14.2 Å². The summed E-state index contributed by atoms with van der Waals surface area (Å²) in [7, 11) is 3.14. The van der Waals surface area contributed by atoms with Crippen molar-refractivity contribution >= 4 is 11.6 Å². The molecule has 0 aliphatic rings. The number of hydrogen-bond acceptors (Lipinski definition) is 2. The maximum atomic E-state index is 5.84. The Hall–Kier alpha value is -0.890. The fourth-order valence-electron chi connectivity index (χ4n) is 0.922. The molecule has 1 radical (unpaired) electrons. The minimum Gasteiger partial charge on any atom is -0.496 e. The van der Waals surface area contributed by atoms with E-state index in [0.29, 0.717) is 16.5 Å². The van der Waals surface area contributed by atoms with Gasteiger partial charge in [-0.05, 0) is 18.6 Å². The summed E-state index contributed by atoms with van der Waals surface area (Å²) in [6, 6.07) is 3.42. The van der Waals surface area contributed by atoms with Crippen LogP contribution in [0.2, 0.25) is 5.02 Å². The Bertz CT molecular complexity index is 259. The van der Waals surface area contributed by atoms with Crippen LogP contribution in [0.25, 0.3) is 0 Å². The molecule has 0 spiro atoms. The Morgan fingerprint density at radius 2 is 1.75 bits per heavy atom. The van der Waals surface area contributed by atoms with E-state index in [1.165, 1.54) is 0 Å². The lowest BCUT2D eigenvalue weighted by Gasteiger charge is -2.08. The predicted octanol–water partition coefficient (Wildman–Crippen LogP) is 2.54. The van der Waals surface area contributed by atoms with Crippen molar-refractivity contribution in [2.24, 2.45) is 0 Å². The van der Waals surface area contributed by atoms with Crippen molar-refractivity contribution < 1.29 is 9.47 Å². The Labute approximate surface area is 77.1 Å². The van der Waals surface area contributed by atoms with Gasteiger partial charge in [0.15, 0.2) is 0 Å². The van der Waals surface area contributed by atoms with Crippen molar-refractivity contribution in [3.63, 3.8) is 0 Å². The Kier molecular flexibility index (Phi) is 2.82. The standard InChI is InChI=1S/C9H10ClO2/c1-6-4-7(10)9(12-3)5-8(6)11-2/h4-5H,1H2,2-3H3. The highest BCUT2D eigenvalue weighted by atomic mass is 35.5. The number of ether oxygens (including phenoxy) is 2. The highest BCUT2D eigenvalue weighted by Crippen LogP contribution is 2.31. The third kappa shape index (κ3) is 1.64. The van der Waals surface area contributed by atoms with Crippen molar-refractivity contribution in [2.75, 3.05) is 14.2 Å². The second-order valence-electron chi connectivity index (χ2n) is 2.30. The van der Waals surface area contributed by atoms with Crippen LogP contribution < -0.4 is 9.47 Å². The molecule has 1 aromatic rings. The van der Waals surface area contributed by atoms with E-state index >= 15 is 0 Å². The van der Waals surface area contributed by atoms with Crippen LogP contribution in [0.15, 0.2) is 12.1 Å². The first-order valence-electron chi connectivity index (χ1n) is 3.42.